The van der Waals surface area contributed by atoms with Crippen LogP contribution in [0.2, 0.25) is 0 Å². The van der Waals surface area contributed by atoms with E-state index in [-0.39, 0.29) is 0 Å². The molecule has 1 aliphatic carbocycles. The van der Waals surface area contributed by atoms with Crippen molar-refractivity contribution < 1.29 is 4.79 Å². The largest absolute Gasteiger partial charge is 0.301 e. The van der Waals surface area contributed by atoms with Crippen LogP contribution < -0.4 is 0 Å². The highest BCUT2D eigenvalue weighted by atomic mass is 32.2. The molecule has 0 amide bonds. The van der Waals surface area contributed by atoms with E-state index in [2.05, 4.69) is 30.5 Å². The highest BCUT2D eigenvalue weighted by Crippen LogP contribution is 2.31. The lowest BCUT2D eigenvalue weighted by Gasteiger charge is -2.36. The molecule has 1 aliphatic heterocycles. The third kappa shape index (κ3) is 4.49. The quantitative estimate of drug-likeness (QED) is 0.769. The topological polar surface area (TPSA) is 20.3 Å². The number of hydrogen-bond acceptors (Lipinski definition) is 3. The van der Waals surface area contributed by atoms with E-state index in [0.717, 1.165) is 37.0 Å². The summed E-state index contributed by atoms with van der Waals surface area (Å²) < 4.78 is 0. The third-order valence-electron chi connectivity index (χ3n) is 4.73. The van der Waals surface area contributed by atoms with Crippen LogP contribution in [0.3, 0.4) is 0 Å². The third-order valence-corrected chi connectivity index (χ3v) is 6.10. The molecule has 1 heterocycles. The van der Waals surface area contributed by atoms with Crippen LogP contribution in [-0.4, -0.2) is 41.3 Å². The zero-order valence-electron chi connectivity index (χ0n) is 12.6. The molecule has 3 heteroatoms. The number of ketones is 1. The summed E-state index contributed by atoms with van der Waals surface area (Å²) >= 11 is 2.11. The first-order valence-corrected chi connectivity index (χ1v) is 9.14. The zero-order chi connectivity index (χ0) is 13.7. The first-order chi connectivity index (χ1) is 9.22. The van der Waals surface area contributed by atoms with Gasteiger partial charge in [-0.25, -0.2) is 0 Å². The minimum atomic E-state index is 0.339. The molecular formula is C16H29NOS. The van der Waals surface area contributed by atoms with E-state index in [1.165, 1.54) is 38.1 Å². The summed E-state index contributed by atoms with van der Waals surface area (Å²) in [6.45, 7) is 7.96. The number of rotatable bonds is 5. The Labute approximate surface area is 122 Å². The van der Waals surface area contributed by atoms with Gasteiger partial charge in [0.1, 0.15) is 5.78 Å². The van der Waals surface area contributed by atoms with E-state index in [0.29, 0.717) is 11.7 Å². The van der Waals surface area contributed by atoms with Crippen molar-refractivity contribution in [1.29, 1.82) is 0 Å². The van der Waals surface area contributed by atoms with Crippen LogP contribution in [0.25, 0.3) is 0 Å². The molecule has 3 unspecified atom stereocenters. The Morgan fingerprint density at radius 3 is 2.95 bits per heavy atom. The van der Waals surface area contributed by atoms with Gasteiger partial charge in [0.25, 0.3) is 0 Å². The Balaban J connectivity index is 1.84. The zero-order valence-corrected chi connectivity index (χ0v) is 13.4. The molecule has 19 heavy (non-hydrogen) atoms. The van der Waals surface area contributed by atoms with E-state index < -0.39 is 0 Å². The molecule has 0 spiro atoms. The van der Waals surface area contributed by atoms with Crippen LogP contribution in [0.5, 0.6) is 0 Å². The van der Waals surface area contributed by atoms with Gasteiger partial charge < -0.3 is 4.90 Å². The minimum absolute atomic E-state index is 0.339. The summed E-state index contributed by atoms with van der Waals surface area (Å²) in [4.78, 5) is 14.7. The second-order valence-electron chi connectivity index (χ2n) is 6.25. The van der Waals surface area contributed by atoms with Gasteiger partial charge in [0.15, 0.2) is 0 Å². The molecule has 2 fully saturated rings. The maximum Gasteiger partial charge on any atom is 0.137 e. The summed E-state index contributed by atoms with van der Waals surface area (Å²) in [5.41, 5.74) is 0. The Bertz CT molecular complexity index is 294. The van der Waals surface area contributed by atoms with Crippen molar-refractivity contribution in [2.45, 2.75) is 57.6 Å². The van der Waals surface area contributed by atoms with Gasteiger partial charge >= 0.3 is 0 Å². The molecule has 2 aliphatic rings. The van der Waals surface area contributed by atoms with Crippen molar-refractivity contribution in [3.63, 3.8) is 0 Å². The van der Waals surface area contributed by atoms with Crippen LogP contribution in [0.15, 0.2) is 0 Å². The summed E-state index contributed by atoms with van der Waals surface area (Å²) in [5.74, 6) is 2.94. The Morgan fingerprint density at radius 2 is 2.21 bits per heavy atom. The maximum atomic E-state index is 12.1. The van der Waals surface area contributed by atoms with Crippen molar-refractivity contribution in [3.8, 4) is 0 Å². The highest BCUT2D eigenvalue weighted by Gasteiger charge is 2.30. The SMILES string of the molecule is CCCC1CCC(=O)C(CN2CCSC(CC)C2)C1. The van der Waals surface area contributed by atoms with E-state index in [1.807, 2.05) is 0 Å². The van der Waals surface area contributed by atoms with Crippen LogP contribution in [0.4, 0.5) is 0 Å². The fraction of sp³-hybridized carbons (Fsp3) is 0.938. The van der Waals surface area contributed by atoms with Crippen LogP contribution in [-0.2, 0) is 4.79 Å². The first kappa shape index (κ1) is 15.4. The summed E-state index contributed by atoms with van der Waals surface area (Å²) in [6.07, 6.45) is 7.00. The van der Waals surface area contributed by atoms with Crippen molar-refractivity contribution in [1.82, 2.24) is 4.90 Å². The van der Waals surface area contributed by atoms with Crippen molar-refractivity contribution in [2.24, 2.45) is 11.8 Å². The van der Waals surface area contributed by atoms with E-state index in [9.17, 15) is 4.79 Å². The molecule has 0 aromatic rings. The fourth-order valence-electron chi connectivity index (χ4n) is 3.55. The minimum Gasteiger partial charge on any atom is -0.301 e. The monoisotopic (exact) mass is 283 g/mol. The summed E-state index contributed by atoms with van der Waals surface area (Å²) in [7, 11) is 0. The average Bonchev–Trinajstić information content (AvgIpc) is 2.43. The van der Waals surface area contributed by atoms with Crippen LogP contribution >= 0.6 is 11.8 Å². The van der Waals surface area contributed by atoms with Gasteiger partial charge in [-0.15, -0.1) is 0 Å². The number of carbonyl (C=O) groups excluding carboxylic acids is 1. The second-order valence-corrected chi connectivity index (χ2v) is 7.66. The van der Waals surface area contributed by atoms with Gasteiger partial charge in [-0.05, 0) is 25.2 Å². The van der Waals surface area contributed by atoms with Gasteiger partial charge in [-0.1, -0.05) is 26.7 Å². The maximum absolute atomic E-state index is 12.1. The number of hydrogen-bond donors (Lipinski definition) is 0. The molecule has 2 nitrogen and oxygen atoms in total. The molecular weight excluding hydrogens is 254 g/mol. The highest BCUT2D eigenvalue weighted by molar-refractivity contribution is 8.00. The normalized spacial score (nSPS) is 33.6. The smallest absolute Gasteiger partial charge is 0.137 e. The van der Waals surface area contributed by atoms with E-state index >= 15 is 0 Å². The lowest BCUT2D eigenvalue weighted by molar-refractivity contribution is -0.126. The molecule has 3 atom stereocenters. The predicted octanol–water partition coefficient (Wildman–Crippen LogP) is 3.60. The molecule has 0 radical (unpaired) electrons. The first-order valence-electron chi connectivity index (χ1n) is 8.09. The Kier molecular flexibility index (Phi) is 6.21. The van der Waals surface area contributed by atoms with Crippen LogP contribution in [0, 0.1) is 11.8 Å². The Morgan fingerprint density at radius 1 is 1.37 bits per heavy atom. The molecule has 110 valence electrons. The molecule has 0 N–H and O–H groups in total. The summed E-state index contributed by atoms with van der Waals surface area (Å²) in [5, 5.41) is 0.791. The van der Waals surface area contributed by atoms with E-state index in [4.69, 9.17) is 0 Å². The van der Waals surface area contributed by atoms with Crippen molar-refractivity contribution in [2.75, 3.05) is 25.4 Å². The molecule has 0 aromatic carbocycles. The van der Waals surface area contributed by atoms with Crippen molar-refractivity contribution in [3.05, 3.63) is 0 Å². The van der Waals surface area contributed by atoms with Gasteiger partial charge in [0.2, 0.25) is 0 Å². The molecule has 0 aromatic heterocycles. The lowest BCUT2D eigenvalue weighted by atomic mass is 9.78. The van der Waals surface area contributed by atoms with E-state index in [1.54, 1.807) is 0 Å². The fourth-order valence-corrected chi connectivity index (χ4v) is 4.80. The molecule has 1 saturated carbocycles. The Hall–Kier alpha value is -0.0200. The van der Waals surface area contributed by atoms with Gasteiger partial charge in [0, 0.05) is 43.0 Å². The van der Waals surface area contributed by atoms with Crippen LogP contribution in [0.1, 0.15) is 52.4 Å². The predicted molar refractivity (Wildman–Crippen MR) is 83.7 cm³/mol. The number of thioether (sulfide) groups is 1. The lowest BCUT2D eigenvalue weighted by Crippen LogP contribution is -2.43. The number of nitrogens with zero attached hydrogens (tertiary/aromatic N) is 1. The van der Waals surface area contributed by atoms with Gasteiger partial charge in [-0.2, -0.15) is 11.8 Å². The summed E-state index contributed by atoms with van der Waals surface area (Å²) in [6, 6.07) is 0. The van der Waals surface area contributed by atoms with Crippen molar-refractivity contribution >= 4 is 17.5 Å². The number of carbonyl (C=O) groups is 1. The average molecular weight is 283 g/mol. The molecule has 0 bridgehead atoms. The standard InChI is InChI=1S/C16H29NOS/c1-3-5-13-6-7-16(18)14(10-13)11-17-8-9-19-15(4-2)12-17/h13-15H,3-12H2,1-2H3. The second kappa shape index (κ2) is 7.68. The van der Waals surface area contributed by atoms with Gasteiger partial charge in [-0.3, -0.25) is 4.79 Å². The van der Waals surface area contributed by atoms with Gasteiger partial charge in [0.05, 0.1) is 0 Å². The molecule has 1 saturated heterocycles. The molecule has 2 rings (SSSR count). The number of Topliss-reactive ketones (excluding diaryl/α,β-unsaturated/α-hetero) is 1.